The van der Waals surface area contributed by atoms with Gasteiger partial charge < -0.3 is 10.8 Å². The van der Waals surface area contributed by atoms with Gasteiger partial charge in [-0.2, -0.15) is 0 Å². The maximum absolute atomic E-state index is 11.2. The minimum atomic E-state index is -0.899. The summed E-state index contributed by atoms with van der Waals surface area (Å²) < 4.78 is 0. The molecule has 0 amide bonds. The Morgan fingerprint density at radius 3 is 2.33 bits per heavy atom. The van der Waals surface area contributed by atoms with E-state index >= 15 is 0 Å². The lowest BCUT2D eigenvalue weighted by Crippen LogP contribution is -2.50. The molecule has 1 aliphatic rings. The van der Waals surface area contributed by atoms with Crippen molar-refractivity contribution in [2.45, 2.75) is 58.0 Å². The topological polar surface area (TPSA) is 46.2 Å². The van der Waals surface area contributed by atoms with Crippen LogP contribution in [0.25, 0.3) is 0 Å². The predicted octanol–water partition coefficient (Wildman–Crippen LogP) is 4.48. The predicted molar refractivity (Wildman–Crippen MR) is 89.4 cm³/mol. The average molecular weight is 310 g/mol. The molecule has 3 N–H and O–H groups in total. The van der Waals surface area contributed by atoms with Crippen LogP contribution in [0, 0.1) is 11.3 Å². The Labute approximate surface area is 133 Å². The van der Waals surface area contributed by atoms with Crippen LogP contribution in [0.15, 0.2) is 24.3 Å². The third-order valence-corrected chi connectivity index (χ3v) is 5.84. The fourth-order valence-corrected chi connectivity index (χ4v) is 4.02. The number of halogens is 1. The zero-order valence-corrected chi connectivity index (χ0v) is 14.0. The van der Waals surface area contributed by atoms with E-state index in [1.165, 1.54) is 25.7 Å². The smallest absolute Gasteiger partial charge is 0.0936 e. The van der Waals surface area contributed by atoms with Gasteiger partial charge in [-0.3, -0.25) is 0 Å². The molecule has 0 aliphatic heterocycles. The first kappa shape index (κ1) is 16.8. The number of benzene rings is 1. The van der Waals surface area contributed by atoms with E-state index in [9.17, 15) is 5.11 Å². The van der Waals surface area contributed by atoms with Crippen molar-refractivity contribution in [3.8, 4) is 0 Å². The van der Waals surface area contributed by atoms with Crippen LogP contribution in [0.2, 0.25) is 5.02 Å². The zero-order chi connectivity index (χ0) is 15.5. The van der Waals surface area contributed by atoms with Crippen molar-refractivity contribution in [1.82, 2.24) is 0 Å². The van der Waals surface area contributed by atoms with Gasteiger partial charge >= 0.3 is 0 Å². The Hall–Kier alpha value is -0.570. The summed E-state index contributed by atoms with van der Waals surface area (Å²) in [6.45, 7) is 4.69. The number of hydrogen-bond acceptors (Lipinski definition) is 2. The molecule has 1 atom stereocenters. The first-order valence-corrected chi connectivity index (χ1v) is 8.51. The van der Waals surface area contributed by atoms with Crippen molar-refractivity contribution >= 4 is 11.6 Å². The molecule has 2 rings (SSSR count). The second-order valence-electron chi connectivity index (χ2n) is 6.80. The number of hydrogen-bond donors (Lipinski definition) is 2. The number of aliphatic hydroxyl groups is 1. The first-order valence-electron chi connectivity index (χ1n) is 8.13. The zero-order valence-electron chi connectivity index (χ0n) is 13.2. The molecule has 1 unspecified atom stereocenters. The van der Waals surface area contributed by atoms with Crippen molar-refractivity contribution in [3.63, 3.8) is 0 Å². The summed E-state index contributed by atoms with van der Waals surface area (Å²) in [5, 5.41) is 11.9. The lowest BCUT2D eigenvalue weighted by atomic mass is 9.59. The molecule has 1 aromatic carbocycles. The fourth-order valence-electron chi connectivity index (χ4n) is 3.90. The van der Waals surface area contributed by atoms with E-state index in [-0.39, 0.29) is 5.41 Å². The van der Waals surface area contributed by atoms with Crippen molar-refractivity contribution in [2.75, 3.05) is 6.54 Å². The van der Waals surface area contributed by atoms with Gasteiger partial charge in [0.25, 0.3) is 0 Å². The van der Waals surface area contributed by atoms with E-state index in [0.29, 0.717) is 11.6 Å². The maximum atomic E-state index is 11.2. The van der Waals surface area contributed by atoms with Crippen LogP contribution in [0.1, 0.15) is 57.9 Å². The highest BCUT2D eigenvalue weighted by Crippen LogP contribution is 2.51. The van der Waals surface area contributed by atoms with Crippen molar-refractivity contribution in [1.29, 1.82) is 0 Å². The molecule has 0 radical (unpaired) electrons. The normalized spacial score (nSPS) is 29.1. The third kappa shape index (κ3) is 3.28. The molecule has 1 aromatic rings. The Bertz CT molecular complexity index is 447. The van der Waals surface area contributed by atoms with E-state index in [1.54, 1.807) is 0 Å². The minimum absolute atomic E-state index is 0.217. The molecule has 0 spiro atoms. The molecular weight excluding hydrogens is 282 g/mol. The summed E-state index contributed by atoms with van der Waals surface area (Å²) in [5.74, 6) is 0.802. The summed E-state index contributed by atoms with van der Waals surface area (Å²) in [6.07, 6.45) is 6.90. The van der Waals surface area contributed by atoms with Gasteiger partial charge in [0.2, 0.25) is 0 Å². The SMILES string of the molecule is CCCC1CCC(CN)(C(C)(O)c2ccc(Cl)cc2)CC1. The van der Waals surface area contributed by atoms with Crippen LogP contribution in [0.3, 0.4) is 0 Å². The van der Waals surface area contributed by atoms with Crippen LogP contribution in [-0.2, 0) is 5.60 Å². The van der Waals surface area contributed by atoms with Crippen LogP contribution >= 0.6 is 11.6 Å². The molecule has 118 valence electrons. The summed E-state index contributed by atoms with van der Waals surface area (Å²) in [5.41, 5.74) is 5.93. The Morgan fingerprint density at radius 2 is 1.86 bits per heavy atom. The highest BCUT2D eigenvalue weighted by molar-refractivity contribution is 6.30. The van der Waals surface area contributed by atoms with Gasteiger partial charge in [0.15, 0.2) is 0 Å². The first-order chi connectivity index (χ1) is 9.95. The van der Waals surface area contributed by atoms with E-state index < -0.39 is 5.60 Å². The molecule has 1 aliphatic carbocycles. The maximum Gasteiger partial charge on any atom is 0.0936 e. The standard InChI is InChI=1S/C18H28ClNO/c1-3-4-14-9-11-18(13-20,12-10-14)17(2,21)15-5-7-16(19)8-6-15/h5-8,14,21H,3-4,9-13,20H2,1-2H3. The lowest BCUT2D eigenvalue weighted by Gasteiger charge is -2.49. The van der Waals surface area contributed by atoms with Gasteiger partial charge in [-0.25, -0.2) is 0 Å². The van der Waals surface area contributed by atoms with Crippen LogP contribution < -0.4 is 5.73 Å². The minimum Gasteiger partial charge on any atom is -0.385 e. The van der Waals surface area contributed by atoms with Crippen LogP contribution in [-0.4, -0.2) is 11.7 Å². The summed E-state index contributed by atoms with van der Waals surface area (Å²) in [4.78, 5) is 0. The summed E-state index contributed by atoms with van der Waals surface area (Å²) >= 11 is 5.96. The highest BCUT2D eigenvalue weighted by atomic mass is 35.5. The molecule has 0 saturated heterocycles. The van der Waals surface area contributed by atoms with Crippen LogP contribution in [0.4, 0.5) is 0 Å². The van der Waals surface area contributed by atoms with Gasteiger partial charge in [-0.05, 0) is 56.2 Å². The van der Waals surface area contributed by atoms with Crippen molar-refractivity contribution in [2.24, 2.45) is 17.1 Å². The largest absolute Gasteiger partial charge is 0.385 e. The third-order valence-electron chi connectivity index (χ3n) is 5.59. The fraction of sp³-hybridized carbons (Fsp3) is 0.667. The van der Waals surface area contributed by atoms with Gasteiger partial charge in [-0.15, -0.1) is 0 Å². The molecule has 2 nitrogen and oxygen atoms in total. The van der Waals surface area contributed by atoms with E-state index in [0.717, 1.165) is 24.3 Å². The van der Waals surface area contributed by atoms with Crippen LogP contribution in [0.5, 0.6) is 0 Å². The monoisotopic (exact) mass is 309 g/mol. The molecule has 0 bridgehead atoms. The summed E-state index contributed by atoms with van der Waals surface area (Å²) in [6, 6.07) is 7.55. The molecule has 1 fully saturated rings. The molecule has 0 heterocycles. The number of nitrogens with two attached hydrogens (primary N) is 1. The average Bonchev–Trinajstić information content (AvgIpc) is 2.49. The summed E-state index contributed by atoms with van der Waals surface area (Å²) in [7, 11) is 0. The molecule has 3 heteroatoms. The molecule has 1 saturated carbocycles. The molecular formula is C18H28ClNO. The molecule has 0 aromatic heterocycles. The van der Waals surface area contributed by atoms with E-state index in [4.69, 9.17) is 17.3 Å². The van der Waals surface area contributed by atoms with E-state index in [1.807, 2.05) is 31.2 Å². The lowest BCUT2D eigenvalue weighted by molar-refractivity contribution is -0.0983. The van der Waals surface area contributed by atoms with Gasteiger partial charge in [-0.1, -0.05) is 43.5 Å². The molecule has 21 heavy (non-hydrogen) atoms. The highest BCUT2D eigenvalue weighted by Gasteiger charge is 2.48. The Morgan fingerprint density at radius 1 is 1.29 bits per heavy atom. The van der Waals surface area contributed by atoms with Gasteiger partial charge in [0.05, 0.1) is 5.60 Å². The van der Waals surface area contributed by atoms with Gasteiger partial charge in [0.1, 0.15) is 0 Å². The number of rotatable bonds is 5. The van der Waals surface area contributed by atoms with Crippen molar-refractivity contribution in [3.05, 3.63) is 34.9 Å². The Kier molecular flexibility index (Phi) is 5.34. The quantitative estimate of drug-likeness (QED) is 0.842. The Balaban J connectivity index is 2.21. The van der Waals surface area contributed by atoms with Gasteiger partial charge in [0, 0.05) is 17.0 Å². The van der Waals surface area contributed by atoms with E-state index in [2.05, 4.69) is 6.92 Å². The second-order valence-corrected chi connectivity index (χ2v) is 7.23. The van der Waals surface area contributed by atoms with Crippen molar-refractivity contribution < 1.29 is 5.11 Å². The second kappa shape index (κ2) is 6.68.